The summed E-state index contributed by atoms with van der Waals surface area (Å²) >= 11 is 0. The van der Waals surface area contributed by atoms with Crippen molar-refractivity contribution in [1.82, 2.24) is 0 Å². The zero-order valence-corrected chi connectivity index (χ0v) is 11.5. The first-order chi connectivity index (χ1) is 9.32. The molecule has 2 aromatic rings. The van der Waals surface area contributed by atoms with E-state index >= 15 is 0 Å². The lowest BCUT2D eigenvalue weighted by Crippen LogP contribution is -2.07. The summed E-state index contributed by atoms with van der Waals surface area (Å²) in [6.45, 7) is 1.85. The molecular weight excluding hydrogens is 278 g/mol. The molecule has 0 unspecified atom stereocenters. The molecule has 0 fully saturated rings. The van der Waals surface area contributed by atoms with Crippen molar-refractivity contribution in [1.29, 1.82) is 0 Å². The Morgan fingerprint density at radius 3 is 2.20 bits per heavy atom. The first-order valence-corrected chi connectivity index (χ1v) is 7.25. The zero-order valence-electron chi connectivity index (χ0n) is 10.7. The minimum Gasteiger partial charge on any atom is -0.478 e. The summed E-state index contributed by atoms with van der Waals surface area (Å²) in [6.07, 6.45) is 0. The predicted molar refractivity (Wildman–Crippen MR) is 74.4 cm³/mol. The number of carboxylic acids is 1. The van der Waals surface area contributed by atoms with E-state index in [0.29, 0.717) is 0 Å². The van der Waals surface area contributed by atoms with E-state index in [0.717, 1.165) is 11.6 Å². The van der Waals surface area contributed by atoms with Crippen LogP contribution in [0.5, 0.6) is 0 Å². The summed E-state index contributed by atoms with van der Waals surface area (Å²) < 4.78 is 24.8. The van der Waals surface area contributed by atoms with Gasteiger partial charge in [0.15, 0.2) is 0 Å². The van der Waals surface area contributed by atoms with E-state index in [1.807, 2.05) is 6.92 Å². The fourth-order valence-electron chi connectivity index (χ4n) is 1.77. The third-order valence-corrected chi connectivity index (χ3v) is 4.72. The first kappa shape index (κ1) is 14.1. The van der Waals surface area contributed by atoms with E-state index in [2.05, 4.69) is 0 Å². The topological polar surface area (TPSA) is 97.5 Å². The van der Waals surface area contributed by atoms with Crippen LogP contribution in [0.3, 0.4) is 0 Å². The molecule has 5 nitrogen and oxygen atoms in total. The van der Waals surface area contributed by atoms with Gasteiger partial charge in [-0.15, -0.1) is 0 Å². The van der Waals surface area contributed by atoms with E-state index in [1.54, 1.807) is 12.1 Å². The van der Waals surface area contributed by atoms with Gasteiger partial charge >= 0.3 is 5.97 Å². The first-order valence-electron chi connectivity index (χ1n) is 5.77. The Kier molecular flexibility index (Phi) is 3.50. The van der Waals surface area contributed by atoms with E-state index in [4.69, 9.17) is 10.8 Å². The molecule has 0 radical (unpaired) electrons. The normalized spacial score (nSPS) is 11.2. The molecule has 0 heterocycles. The van der Waals surface area contributed by atoms with Crippen molar-refractivity contribution in [2.75, 3.05) is 5.73 Å². The summed E-state index contributed by atoms with van der Waals surface area (Å²) in [5.41, 5.74) is 6.48. The fourth-order valence-corrected chi connectivity index (χ4v) is 3.14. The van der Waals surface area contributed by atoms with Gasteiger partial charge in [0, 0.05) is 0 Å². The molecular formula is C14H13NO4S. The molecule has 2 aromatic carbocycles. The SMILES string of the molecule is Cc1ccc(S(=O)(=O)c2ccc(C(=O)O)cc2N)cc1. The molecule has 6 heteroatoms. The van der Waals surface area contributed by atoms with Crippen molar-refractivity contribution in [2.45, 2.75) is 16.7 Å². The Labute approximate surface area is 116 Å². The van der Waals surface area contributed by atoms with E-state index in [-0.39, 0.29) is 21.0 Å². The second-order valence-corrected chi connectivity index (χ2v) is 6.29. The van der Waals surface area contributed by atoms with Gasteiger partial charge < -0.3 is 10.8 Å². The number of carbonyl (C=O) groups is 1. The summed E-state index contributed by atoms with van der Waals surface area (Å²) in [5.74, 6) is -1.16. The van der Waals surface area contributed by atoms with Gasteiger partial charge in [0.25, 0.3) is 0 Å². The van der Waals surface area contributed by atoms with Crippen LogP contribution in [0.25, 0.3) is 0 Å². The van der Waals surface area contributed by atoms with Crippen LogP contribution in [0.15, 0.2) is 52.3 Å². The monoisotopic (exact) mass is 291 g/mol. The number of aromatic carboxylic acids is 1. The number of hydrogen-bond acceptors (Lipinski definition) is 4. The molecule has 0 aliphatic rings. The minimum absolute atomic E-state index is 0.0506. The Balaban J connectivity index is 2.55. The van der Waals surface area contributed by atoms with Crippen LogP contribution < -0.4 is 5.73 Å². The average molecular weight is 291 g/mol. The summed E-state index contributed by atoms with van der Waals surface area (Å²) in [4.78, 5) is 10.8. The number of sulfone groups is 1. The molecule has 0 atom stereocenters. The highest BCUT2D eigenvalue weighted by atomic mass is 32.2. The minimum atomic E-state index is -3.75. The van der Waals surface area contributed by atoms with Crippen molar-refractivity contribution in [2.24, 2.45) is 0 Å². The van der Waals surface area contributed by atoms with Crippen molar-refractivity contribution in [3.05, 3.63) is 53.6 Å². The van der Waals surface area contributed by atoms with Gasteiger partial charge in [-0.05, 0) is 37.3 Å². The number of carboxylic acid groups (broad SMARTS) is 1. The number of nitrogens with two attached hydrogens (primary N) is 1. The van der Waals surface area contributed by atoms with Crippen LogP contribution >= 0.6 is 0 Å². The second-order valence-electron chi connectivity index (χ2n) is 4.37. The van der Waals surface area contributed by atoms with Crippen LogP contribution in [0.2, 0.25) is 0 Å². The largest absolute Gasteiger partial charge is 0.478 e. The van der Waals surface area contributed by atoms with Gasteiger partial charge in [0.1, 0.15) is 0 Å². The molecule has 0 aromatic heterocycles. The third kappa shape index (κ3) is 2.50. The van der Waals surface area contributed by atoms with Crippen molar-refractivity contribution in [3.8, 4) is 0 Å². The number of rotatable bonds is 3. The fraction of sp³-hybridized carbons (Fsp3) is 0.0714. The Morgan fingerprint density at radius 2 is 1.70 bits per heavy atom. The van der Waals surface area contributed by atoms with Crippen molar-refractivity contribution >= 4 is 21.5 Å². The molecule has 104 valence electrons. The van der Waals surface area contributed by atoms with Crippen LogP contribution in [0, 0.1) is 6.92 Å². The third-order valence-electron chi connectivity index (χ3n) is 2.88. The van der Waals surface area contributed by atoms with E-state index in [1.165, 1.54) is 24.3 Å². The van der Waals surface area contributed by atoms with Crippen molar-refractivity contribution in [3.63, 3.8) is 0 Å². The molecule has 0 aliphatic heterocycles. The molecule has 0 spiro atoms. The molecule has 0 aliphatic carbocycles. The van der Waals surface area contributed by atoms with Crippen LogP contribution in [0.1, 0.15) is 15.9 Å². The Hall–Kier alpha value is -2.34. The Morgan fingerprint density at radius 1 is 1.10 bits per heavy atom. The van der Waals surface area contributed by atoms with Crippen LogP contribution in [0.4, 0.5) is 5.69 Å². The van der Waals surface area contributed by atoms with Gasteiger partial charge in [-0.1, -0.05) is 17.7 Å². The molecule has 20 heavy (non-hydrogen) atoms. The van der Waals surface area contributed by atoms with Crippen LogP contribution in [-0.4, -0.2) is 19.5 Å². The number of nitrogen functional groups attached to an aromatic ring is 1. The highest BCUT2D eigenvalue weighted by molar-refractivity contribution is 7.91. The van der Waals surface area contributed by atoms with Gasteiger partial charge in [-0.2, -0.15) is 0 Å². The summed E-state index contributed by atoms with van der Waals surface area (Å²) in [6, 6.07) is 9.95. The van der Waals surface area contributed by atoms with Gasteiger partial charge in [0.2, 0.25) is 9.84 Å². The standard InChI is InChI=1S/C14H13NO4S/c1-9-2-5-11(6-3-9)20(18,19)13-7-4-10(14(16)17)8-12(13)15/h2-8H,15H2,1H3,(H,16,17). The highest BCUT2D eigenvalue weighted by Crippen LogP contribution is 2.26. The van der Waals surface area contributed by atoms with Gasteiger partial charge in [-0.3, -0.25) is 0 Å². The summed E-state index contributed by atoms with van der Waals surface area (Å²) in [5, 5.41) is 8.85. The predicted octanol–water partition coefficient (Wildman–Crippen LogP) is 2.11. The quantitative estimate of drug-likeness (QED) is 0.844. The van der Waals surface area contributed by atoms with E-state index < -0.39 is 15.8 Å². The smallest absolute Gasteiger partial charge is 0.335 e. The van der Waals surface area contributed by atoms with Gasteiger partial charge in [0.05, 0.1) is 21.0 Å². The van der Waals surface area contributed by atoms with Crippen LogP contribution in [-0.2, 0) is 9.84 Å². The zero-order chi connectivity index (χ0) is 14.9. The number of benzene rings is 2. The molecule has 0 saturated heterocycles. The maximum absolute atomic E-state index is 12.4. The molecule has 0 amide bonds. The highest BCUT2D eigenvalue weighted by Gasteiger charge is 2.21. The number of anilines is 1. The lowest BCUT2D eigenvalue weighted by molar-refractivity contribution is 0.0697. The molecule has 3 N–H and O–H groups in total. The number of aryl methyl sites for hydroxylation is 1. The lowest BCUT2D eigenvalue weighted by Gasteiger charge is -2.08. The molecule has 2 rings (SSSR count). The second kappa shape index (κ2) is 4.97. The molecule has 0 saturated carbocycles. The van der Waals surface area contributed by atoms with E-state index in [9.17, 15) is 13.2 Å². The number of hydrogen-bond donors (Lipinski definition) is 2. The Bertz CT molecular complexity index is 764. The van der Waals surface area contributed by atoms with Gasteiger partial charge in [-0.25, -0.2) is 13.2 Å². The lowest BCUT2D eigenvalue weighted by atomic mass is 10.2. The maximum Gasteiger partial charge on any atom is 0.335 e. The maximum atomic E-state index is 12.4. The van der Waals surface area contributed by atoms with Crippen molar-refractivity contribution < 1.29 is 18.3 Å². The average Bonchev–Trinajstić information content (AvgIpc) is 2.38. The molecule has 0 bridgehead atoms. The summed E-state index contributed by atoms with van der Waals surface area (Å²) in [7, 11) is -3.75.